The van der Waals surface area contributed by atoms with E-state index in [1.54, 1.807) is 0 Å². The van der Waals surface area contributed by atoms with Crippen LogP contribution in [0.1, 0.15) is 58.3 Å². The Labute approximate surface area is 219 Å². The minimum atomic E-state index is -2.17. The molecule has 1 aliphatic carbocycles. The van der Waals surface area contributed by atoms with Crippen molar-refractivity contribution in [2.75, 3.05) is 7.11 Å². The lowest BCUT2D eigenvalue weighted by molar-refractivity contribution is -0.167. The van der Waals surface area contributed by atoms with Gasteiger partial charge in [0.1, 0.15) is 23.0 Å². The van der Waals surface area contributed by atoms with E-state index in [0.29, 0.717) is 12.7 Å². The number of hydrogen-bond donors (Lipinski definition) is 2. The van der Waals surface area contributed by atoms with Gasteiger partial charge >= 0.3 is 29.8 Å². The molecule has 2 N–H and O–H groups in total. The third kappa shape index (κ3) is 4.22. The SMILES string of the molecule is CCCCCC[C@H]1C=C([C@]2(C(=O)OC)C[C@@H]([C@H](O)[C@@H]3CC=CC(=O)O3)C[C@@]23C(=O)OC(=O)C3=CO)C(=O)O1. The first-order valence-corrected chi connectivity index (χ1v) is 12.8. The number of aliphatic hydroxyl groups excluding tert-OH is 2. The molecular formula is C27H32O11. The summed E-state index contributed by atoms with van der Waals surface area (Å²) in [4.78, 5) is 64.8. The molecule has 4 rings (SSSR count). The van der Waals surface area contributed by atoms with Crippen LogP contribution in [0.3, 0.4) is 0 Å². The summed E-state index contributed by atoms with van der Waals surface area (Å²) in [5, 5.41) is 21.3. The summed E-state index contributed by atoms with van der Waals surface area (Å²) in [6.45, 7) is 2.07. The highest BCUT2D eigenvalue weighted by molar-refractivity contribution is 6.15. The lowest BCUT2D eigenvalue weighted by atomic mass is 9.59. The lowest BCUT2D eigenvalue weighted by Gasteiger charge is -2.37. The minimum Gasteiger partial charge on any atom is -0.515 e. The third-order valence-corrected chi connectivity index (χ3v) is 8.13. The van der Waals surface area contributed by atoms with Gasteiger partial charge in [-0.2, -0.15) is 0 Å². The van der Waals surface area contributed by atoms with Gasteiger partial charge in [0.2, 0.25) is 0 Å². The van der Waals surface area contributed by atoms with E-state index < -0.39 is 70.5 Å². The monoisotopic (exact) mass is 532 g/mol. The summed E-state index contributed by atoms with van der Waals surface area (Å²) < 4.78 is 20.8. The molecule has 1 spiro atoms. The van der Waals surface area contributed by atoms with Gasteiger partial charge in [-0.25, -0.2) is 14.4 Å². The Bertz CT molecular complexity index is 1120. The van der Waals surface area contributed by atoms with Crippen LogP contribution in [0.15, 0.2) is 35.6 Å². The van der Waals surface area contributed by atoms with Crippen LogP contribution in [0.4, 0.5) is 0 Å². The Morgan fingerprint density at radius 2 is 1.92 bits per heavy atom. The molecule has 0 aromatic rings. The topological polar surface area (TPSA) is 163 Å². The van der Waals surface area contributed by atoms with Gasteiger partial charge in [-0.3, -0.25) is 9.59 Å². The molecule has 38 heavy (non-hydrogen) atoms. The minimum absolute atomic E-state index is 0.179. The quantitative estimate of drug-likeness (QED) is 0.112. The first-order chi connectivity index (χ1) is 18.2. The first kappa shape index (κ1) is 27.6. The largest absolute Gasteiger partial charge is 0.515 e. The van der Waals surface area contributed by atoms with Crippen LogP contribution in [0.5, 0.6) is 0 Å². The number of aliphatic hydroxyl groups is 2. The fraction of sp³-hybridized carbons (Fsp3) is 0.593. The van der Waals surface area contributed by atoms with Crippen LogP contribution in [0.2, 0.25) is 0 Å². The number of cyclic esters (lactones) is 4. The highest BCUT2D eigenvalue weighted by Gasteiger charge is 2.77. The molecule has 2 fully saturated rings. The number of methoxy groups -OCH3 is 1. The Morgan fingerprint density at radius 1 is 1.16 bits per heavy atom. The maximum Gasteiger partial charge on any atom is 0.346 e. The molecule has 0 bridgehead atoms. The van der Waals surface area contributed by atoms with Crippen molar-refractivity contribution in [1.82, 2.24) is 0 Å². The fourth-order valence-electron chi connectivity index (χ4n) is 6.37. The summed E-state index contributed by atoms with van der Waals surface area (Å²) in [5.41, 5.74) is -5.03. The van der Waals surface area contributed by atoms with Crippen molar-refractivity contribution >= 4 is 29.8 Å². The van der Waals surface area contributed by atoms with Crippen LogP contribution in [-0.4, -0.2) is 65.5 Å². The molecule has 0 aromatic carbocycles. The van der Waals surface area contributed by atoms with Crippen molar-refractivity contribution in [1.29, 1.82) is 0 Å². The Hall–Kier alpha value is -3.47. The van der Waals surface area contributed by atoms with Crippen LogP contribution in [-0.2, 0) is 42.9 Å². The van der Waals surface area contributed by atoms with Gasteiger partial charge in [-0.15, -0.1) is 0 Å². The van der Waals surface area contributed by atoms with Crippen LogP contribution < -0.4 is 0 Å². The zero-order chi connectivity index (χ0) is 27.7. The Morgan fingerprint density at radius 3 is 2.58 bits per heavy atom. The highest BCUT2D eigenvalue weighted by Crippen LogP contribution is 2.67. The molecule has 4 aliphatic rings. The van der Waals surface area contributed by atoms with E-state index in [1.807, 2.05) is 0 Å². The highest BCUT2D eigenvalue weighted by atomic mass is 16.6. The van der Waals surface area contributed by atoms with E-state index in [9.17, 15) is 34.2 Å². The molecule has 6 atom stereocenters. The third-order valence-electron chi connectivity index (χ3n) is 8.13. The van der Waals surface area contributed by atoms with E-state index in [-0.39, 0.29) is 24.8 Å². The van der Waals surface area contributed by atoms with E-state index in [2.05, 4.69) is 6.92 Å². The number of esters is 5. The van der Waals surface area contributed by atoms with Crippen molar-refractivity contribution in [2.24, 2.45) is 16.7 Å². The van der Waals surface area contributed by atoms with Crippen LogP contribution >= 0.6 is 0 Å². The molecule has 1 saturated heterocycles. The van der Waals surface area contributed by atoms with Gasteiger partial charge in [0, 0.05) is 12.5 Å². The molecule has 0 unspecified atom stereocenters. The maximum absolute atomic E-state index is 13.7. The van der Waals surface area contributed by atoms with Crippen LogP contribution in [0.25, 0.3) is 0 Å². The first-order valence-electron chi connectivity index (χ1n) is 12.8. The van der Waals surface area contributed by atoms with Crippen molar-refractivity contribution in [2.45, 2.75) is 76.6 Å². The molecule has 206 valence electrons. The smallest absolute Gasteiger partial charge is 0.346 e. The molecule has 0 amide bonds. The fourth-order valence-corrected chi connectivity index (χ4v) is 6.37. The Kier molecular flexibility index (Phi) is 7.78. The number of unbranched alkanes of at least 4 members (excludes halogenated alkanes) is 3. The van der Waals surface area contributed by atoms with E-state index in [0.717, 1.165) is 32.8 Å². The molecule has 3 heterocycles. The second-order valence-electron chi connectivity index (χ2n) is 10.2. The van der Waals surface area contributed by atoms with E-state index in [1.165, 1.54) is 18.2 Å². The van der Waals surface area contributed by atoms with Crippen molar-refractivity contribution in [3.63, 3.8) is 0 Å². The predicted octanol–water partition coefficient (Wildman–Crippen LogP) is 2.12. The molecule has 0 aromatic heterocycles. The number of rotatable bonds is 9. The summed E-state index contributed by atoms with van der Waals surface area (Å²) in [6, 6.07) is 0. The lowest BCUT2D eigenvalue weighted by Crippen LogP contribution is -2.51. The van der Waals surface area contributed by atoms with Gasteiger partial charge in [-0.1, -0.05) is 32.3 Å². The molecule has 11 nitrogen and oxygen atoms in total. The second kappa shape index (κ2) is 10.7. The average Bonchev–Trinajstić information content (AvgIpc) is 3.52. The van der Waals surface area contributed by atoms with Gasteiger partial charge < -0.3 is 29.2 Å². The number of carbonyl (C=O) groups is 5. The van der Waals surface area contributed by atoms with Crippen molar-refractivity contribution < 1.29 is 53.1 Å². The Balaban J connectivity index is 1.82. The van der Waals surface area contributed by atoms with Crippen LogP contribution in [0, 0.1) is 16.7 Å². The second-order valence-corrected chi connectivity index (χ2v) is 10.2. The average molecular weight is 533 g/mol. The maximum atomic E-state index is 13.7. The van der Waals surface area contributed by atoms with E-state index >= 15 is 0 Å². The summed E-state index contributed by atoms with van der Waals surface area (Å²) in [5.74, 6) is -5.80. The van der Waals surface area contributed by atoms with Gasteiger partial charge in [0.25, 0.3) is 0 Å². The molecule has 3 aliphatic heterocycles. The normalized spacial score (nSPS) is 34.3. The van der Waals surface area contributed by atoms with Gasteiger partial charge in [0.05, 0.1) is 30.6 Å². The number of ether oxygens (including phenoxy) is 4. The molecule has 0 radical (unpaired) electrons. The molecule has 1 saturated carbocycles. The van der Waals surface area contributed by atoms with Gasteiger partial charge in [0.15, 0.2) is 0 Å². The predicted molar refractivity (Wildman–Crippen MR) is 128 cm³/mol. The summed E-state index contributed by atoms with van der Waals surface area (Å²) in [7, 11) is 1.07. The van der Waals surface area contributed by atoms with Crippen molar-refractivity contribution in [3.8, 4) is 0 Å². The standard InChI is InChI=1S/C27H32O11/c1-3-4-5-6-8-16-11-17(22(31)36-16)26(24(33)35-2)12-15(21(30)19-9-7-10-20(29)37-19)13-27(26)18(14-28)23(32)38-25(27)34/h7,10-11,14-16,19,21,28,30H,3-6,8-9,12-13H2,1-2H3/t15-,16+,19+,21+,26+,27-/m1/s1. The van der Waals surface area contributed by atoms with Gasteiger partial charge in [-0.05, 0) is 37.7 Å². The summed E-state index contributed by atoms with van der Waals surface area (Å²) in [6.07, 6.45) is 5.25. The number of hydrogen-bond acceptors (Lipinski definition) is 11. The zero-order valence-electron chi connectivity index (χ0n) is 21.3. The molecular weight excluding hydrogens is 500 g/mol. The molecule has 11 heteroatoms. The zero-order valence-corrected chi connectivity index (χ0v) is 21.3. The number of carbonyl (C=O) groups excluding carboxylic acids is 5. The van der Waals surface area contributed by atoms with E-state index in [4.69, 9.17) is 18.9 Å². The summed E-state index contributed by atoms with van der Waals surface area (Å²) >= 11 is 0. The van der Waals surface area contributed by atoms with Crippen molar-refractivity contribution in [3.05, 3.63) is 35.6 Å².